The van der Waals surface area contributed by atoms with Crippen LogP contribution >= 0.6 is 0 Å². The SMILES string of the molecule is CC(=O)[C@H]1CC[C@H]2[C@@H]3CC[C@H]4C[C@H](OC(=O)CN)CC[C@]4(C)[C@H]3CC[C@]12C. The summed E-state index contributed by atoms with van der Waals surface area (Å²) in [5.41, 5.74) is 6.05. The lowest BCUT2D eigenvalue weighted by atomic mass is 9.44. The molecule has 0 bridgehead atoms. The third kappa shape index (κ3) is 2.97. The van der Waals surface area contributed by atoms with Crippen LogP contribution in [0.15, 0.2) is 0 Å². The molecule has 2 N–H and O–H groups in total. The second-order valence-corrected chi connectivity index (χ2v) is 10.5. The number of rotatable bonds is 3. The molecule has 152 valence electrons. The quantitative estimate of drug-likeness (QED) is 0.754. The highest BCUT2D eigenvalue weighted by atomic mass is 16.5. The Morgan fingerprint density at radius 2 is 1.67 bits per heavy atom. The summed E-state index contributed by atoms with van der Waals surface area (Å²) < 4.78 is 5.59. The first-order valence-electron chi connectivity index (χ1n) is 11.2. The fraction of sp³-hybridized carbons (Fsp3) is 0.913. The molecule has 0 aromatic rings. The van der Waals surface area contributed by atoms with Crippen LogP contribution in [0.5, 0.6) is 0 Å². The Kier molecular flexibility index (Phi) is 4.93. The van der Waals surface area contributed by atoms with Crippen molar-refractivity contribution < 1.29 is 14.3 Å². The standard InChI is InChI=1S/C23H37NO3/c1-14(25)18-6-7-19-17-5-4-15-12-16(27-21(26)13-24)8-10-22(15,2)20(17)9-11-23(18,19)3/h15-20H,4-13,24H2,1-3H3/t15-,16+,17-,18+,19-,20-,22-,23+/m0/s1. The van der Waals surface area contributed by atoms with E-state index in [1.165, 1.54) is 38.5 Å². The van der Waals surface area contributed by atoms with E-state index < -0.39 is 0 Å². The van der Waals surface area contributed by atoms with E-state index in [-0.39, 0.29) is 24.0 Å². The van der Waals surface area contributed by atoms with E-state index >= 15 is 0 Å². The lowest BCUT2D eigenvalue weighted by Gasteiger charge is -2.61. The predicted octanol–water partition coefficient (Wildman–Crippen LogP) is 4.10. The Bertz CT molecular complexity index is 619. The minimum absolute atomic E-state index is 0.0132. The van der Waals surface area contributed by atoms with Gasteiger partial charge in [0.1, 0.15) is 11.9 Å². The molecule has 4 aliphatic carbocycles. The summed E-state index contributed by atoms with van der Waals surface area (Å²) in [6.45, 7) is 6.74. The van der Waals surface area contributed by atoms with Crippen LogP contribution in [-0.2, 0) is 14.3 Å². The summed E-state index contributed by atoms with van der Waals surface area (Å²) in [6.07, 6.45) is 10.6. The smallest absolute Gasteiger partial charge is 0.319 e. The van der Waals surface area contributed by atoms with Crippen molar-refractivity contribution in [3.63, 3.8) is 0 Å². The van der Waals surface area contributed by atoms with Crippen molar-refractivity contribution in [3.8, 4) is 0 Å². The number of Topliss-reactive ketones (excluding diaryl/α,β-unsaturated/α-hetero) is 1. The van der Waals surface area contributed by atoms with E-state index in [2.05, 4.69) is 13.8 Å². The summed E-state index contributed by atoms with van der Waals surface area (Å²) >= 11 is 0. The van der Waals surface area contributed by atoms with Gasteiger partial charge in [0.05, 0.1) is 6.54 Å². The highest BCUT2D eigenvalue weighted by molar-refractivity contribution is 5.79. The summed E-state index contributed by atoms with van der Waals surface area (Å²) in [4.78, 5) is 23.9. The molecule has 0 radical (unpaired) electrons. The molecule has 0 aromatic heterocycles. The van der Waals surface area contributed by atoms with Crippen molar-refractivity contribution in [2.24, 2.45) is 46.2 Å². The van der Waals surface area contributed by atoms with Crippen LogP contribution in [0.25, 0.3) is 0 Å². The average molecular weight is 376 g/mol. The molecule has 0 aliphatic heterocycles. The van der Waals surface area contributed by atoms with E-state index in [0.29, 0.717) is 23.0 Å². The van der Waals surface area contributed by atoms with Crippen molar-refractivity contribution in [3.05, 3.63) is 0 Å². The summed E-state index contributed by atoms with van der Waals surface area (Å²) in [5.74, 6) is 3.42. The van der Waals surface area contributed by atoms with Crippen LogP contribution in [0, 0.1) is 40.4 Å². The molecule has 0 saturated heterocycles. The largest absolute Gasteiger partial charge is 0.461 e. The van der Waals surface area contributed by atoms with Gasteiger partial charge in [-0.1, -0.05) is 13.8 Å². The maximum Gasteiger partial charge on any atom is 0.319 e. The minimum atomic E-state index is -0.257. The highest BCUT2D eigenvalue weighted by Gasteiger charge is 2.60. The molecule has 4 heteroatoms. The third-order valence-electron chi connectivity index (χ3n) is 9.57. The number of fused-ring (bicyclic) bond motifs is 5. The Morgan fingerprint density at radius 1 is 0.963 bits per heavy atom. The van der Waals surface area contributed by atoms with Crippen LogP contribution < -0.4 is 5.73 Å². The first-order valence-corrected chi connectivity index (χ1v) is 11.2. The molecule has 27 heavy (non-hydrogen) atoms. The number of ether oxygens (including phenoxy) is 1. The lowest BCUT2D eigenvalue weighted by molar-refractivity contribution is -0.161. The second kappa shape index (κ2) is 6.86. The van der Waals surface area contributed by atoms with Gasteiger partial charge in [0.2, 0.25) is 0 Å². The summed E-state index contributed by atoms with van der Waals surface area (Å²) in [7, 11) is 0. The Hall–Kier alpha value is -0.900. The van der Waals surface area contributed by atoms with E-state index in [1.54, 1.807) is 0 Å². The molecular weight excluding hydrogens is 338 g/mol. The minimum Gasteiger partial charge on any atom is -0.461 e. The van der Waals surface area contributed by atoms with E-state index in [1.807, 2.05) is 6.92 Å². The number of carbonyl (C=O) groups is 2. The summed E-state index contributed by atoms with van der Waals surface area (Å²) in [6, 6.07) is 0. The van der Waals surface area contributed by atoms with Gasteiger partial charge >= 0.3 is 5.97 Å². The fourth-order valence-corrected chi connectivity index (χ4v) is 8.23. The maximum absolute atomic E-state index is 12.3. The Morgan fingerprint density at radius 3 is 2.37 bits per heavy atom. The molecule has 8 atom stereocenters. The Balaban J connectivity index is 1.51. The van der Waals surface area contributed by atoms with Crippen LogP contribution in [0.1, 0.15) is 78.6 Å². The fourth-order valence-electron chi connectivity index (χ4n) is 8.23. The van der Waals surface area contributed by atoms with Crippen LogP contribution in [0.2, 0.25) is 0 Å². The van der Waals surface area contributed by atoms with Gasteiger partial charge in [-0.2, -0.15) is 0 Å². The number of ketones is 1. The van der Waals surface area contributed by atoms with Crippen molar-refractivity contribution in [2.75, 3.05) is 6.54 Å². The zero-order valence-electron chi connectivity index (χ0n) is 17.3. The first kappa shape index (κ1) is 19.4. The second-order valence-electron chi connectivity index (χ2n) is 10.5. The van der Waals surface area contributed by atoms with Gasteiger partial charge in [-0.05, 0) is 99.2 Å². The maximum atomic E-state index is 12.3. The van der Waals surface area contributed by atoms with Gasteiger partial charge in [-0.3, -0.25) is 9.59 Å². The van der Waals surface area contributed by atoms with Crippen molar-refractivity contribution in [2.45, 2.75) is 84.7 Å². The molecule has 0 aromatic carbocycles. The molecule has 0 heterocycles. The van der Waals surface area contributed by atoms with Gasteiger partial charge in [0, 0.05) is 5.92 Å². The molecule has 4 nitrogen and oxygen atoms in total. The zero-order valence-corrected chi connectivity index (χ0v) is 17.3. The molecule has 0 spiro atoms. The molecular formula is C23H37NO3. The summed E-state index contributed by atoms with van der Waals surface area (Å²) in [5, 5.41) is 0. The van der Waals surface area contributed by atoms with Gasteiger partial charge in [0.25, 0.3) is 0 Å². The number of esters is 1. The third-order valence-corrected chi connectivity index (χ3v) is 9.57. The first-order chi connectivity index (χ1) is 12.8. The van der Waals surface area contributed by atoms with Crippen molar-refractivity contribution in [1.82, 2.24) is 0 Å². The van der Waals surface area contributed by atoms with Gasteiger partial charge < -0.3 is 10.5 Å². The van der Waals surface area contributed by atoms with Crippen molar-refractivity contribution in [1.29, 1.82) is 0 Å². The van der Waals surface area contributed by atoms with Gasteiger partial charge in [-0.25, -0.2) is 0 Å². The molecule has 4 rings (SSSR count). The lowest BCUT2D eigenvalue weighted by Crippen LogP contribution is -2.54. The molecule has 0 unspecified atom stereocenters. The molecule has 4 fully saturated rings. The monoisotopic (exact) mass is 375 g/mol. The number of nitrogens with two attached hydrogens (primary N) is 1. The normalized spacial score (nSPS) is 48.9. The van der Waals surface area contributed by atoms with Crippen LogP contribution in [0.4, 0.5) is 0 Å². The molecule has 4 saturated carbocycles. The molecule has 4 aliphatic rings. The molecule has 0 amide bonds. The van der Waals surface area contributed by atoms with E-state index in [0.717, 1.165) is 37.0 Å². The van der Waals surface area contributed by atoms with Gasteiger partial charge in [-0.15, -0.1) is 0 Å². The van der Waals surface area contributed by atoms with E-state index in [4.69, 9.17) is 10.5 Å². The van der Waals surface area contributed by atoms with Gasteiger partial charge in [0.15, 0.2) is 0 Å². The number of carbonyl (C=O) groups excluding carboxylic acids is 2. The highest BCUT2D eigenvalue weighted by Crippen LogP contribution is 2.67. The number of hydrogen-bond donors (Lipinski definition) is 1. The average Bonchev–Trinajstić information content (AvgIpc) is 2.99. The Labute approximate surface area is 164 Å². The predicted molar refractivity (Wildman–Crippen MR) is 105 cm³/mol. The van der Waals surface area contributed by atoms with Crippen molar-refractivity contribution >= 4 is 11.8 Å². The van der Waals surface area contributed by atoms with E-state index in [9.17, 15) is 9.59 Å². The van der Waals surface area contributed by atoms with Crippen LogP contribution in [-0.4, -0.2) is 24.4 Å². The zero-order chi connectivity index (χ0) is 19.4. The topological polar surface area (TPSA) is 69.4 Å². The van der Waals surface area contributed by atoms with Crippen LogP contribution in [0.3, 0.4) is 0 Å². The number of hydrogen-bond acceptors (Lipinski definition) is 4.